The average Bonchev–Trinajstić information content (AvgIpc) is 1.88. The zero-order valence-electron chi connectivity index (χ0n) is 7.22. The average molecular weight is 142 g/mol. The summed E-state index contributed by atoms with van der Waals surface area (Å²) in [5.41, 5.74) is -0.297. The van der Waals surface area contributed by atoms with E-state index in [4.69, 9.17) is 0 Å². The molecule has 1 heteroatoms. The lowest BCUT2D eigenvalue weighted by molar-refractivity contribution is -0.130. The van der Waals surface area contributed by atoms with Gasteiger partial charge in [0.2, 0.25) is 0 Å². The highest BCUT2D eigenvalue weighted by Crippen LogP contribution is 2.45. The predicted molar refractivity (Wildman–Crippen MR) is 42.8 cm³/mol. The van der Waals surface area contributed by atoms with Crippen LogP contribution >= 0.6 is 0 Å². The molecule has 1 N–H and O–H groups in total. The summed E-state index contributed by atoms with van der Waals surface area (Å²) in [7, 11) is 0. The van der Waals surface area contributed by atoms with E-state index in [1.807, 2.05) is 0 Å². The van der Waals surface area contributed by atoms with Crippen LogP contribution in [0.25, 0.3) is 0 Å². The number of hydrogen-bond donors (Lipinski definition) is 1. The molecule has 3 unspecified atom stereocenters. The first-order valence-electron chi connectivity index (χ1n) is 4.32. The van der Waals surface area contributed by atoms with Crippen molar-refractivity contribution in [1.82, 2.24) is 0 Å². The summed E-state index contributed by atoms with van der Waals surface area (Å²) in [4.78, 5) is 0. The molecule has 0 aromatic carbocycles. The lowest BCUT2D eigenvalue weighted by Crippen LogP contribution is -2.51. The van der Waals surface area contributed by atoms with E-state index >= 15 is 0 Å². The second kappa shape index (κ2) is 2.54. The Hall–Kier alpha value is -0.0400. The maximum absolute atomic E-state index is 9.85. The van der Waals surface area contributed by atoms with Gasteiger partial charge in [0.15, 0.2) is 0 Å². The molecular weight excluding hydrogens is 124 g/mol. The van der Waals surface area contributed by atoms with E-state index < -0.39 is 0 Å². The molecule has 1 nitrogen and oxygen atoms in total. The van der Waals surface area contributed by atoms with Crippen molar-refractivity contribution in [2.45, 2.75) is 45.6 Å². The minimum Gasteiger partial charge on any atom is -0.390 e. The lowest BCUT2D eigenvalue weighted by Gasteiger charge is -2.49. The van der Waals surface area contributed by atoms with Crippen molar-refractivity contribution in [2.75, 3.05) is 0 Å². The standard InChI is InChI=1S/C9H18O/c1-4-5-9(10)6-7(2)8(9)3/h7-8,10H,4-6H2,1-3H3. The molecule has 1 aliphatic rings. The van der Waals surface area contributed by atoms with Gasteiger partial charge < -0.3 is 5.11 Å². The van der Waals surface area contributed by atoms with Gasteiger partial charge in [-0.05, 0) is 24.7 Å². The van der Waals surface area contributed by atoms with Crippen LogP contribution in [-0.4, -0.2) is 10.7 Å². The van der Waals surface area contributed by atoms with Crippen LogP contribution in [0.15, 0.2) is 0 Å². The van der Waals surface area contributed by atoms with E-state index in [0.29, 0.717) is 5.92 Å². The first-order chi connectivity index (χ1) is 4.60. The first-order valence-corrected chi connectivity index (χ1v) is 4.32. The fourth-order valence-electron chi connectivity index (χ4n) is 2.05. The first kappa shape index (κ1) is 8.06. The van der Waals surface area contributed by atoms with Crippen LogP contribution < -0.4 is 0 Å². The second-order valence-electron chi connectivity index (χ2n) is 3.82. The van der Waals surface area contributed by atoms with Gasteiger partial charge in [0.1, 0.15) is 0 Å². The molecule has 0 amide bonds. The van der Waals surface area contributed by atoms with Gasteiger partial charge in [-0.15, -0.1) is 0 Å². The summed E-state index contributed by atoms with van der Waals surface area (Å²) >= 11 is 0. The lowest BCUT2D eigenvalue weighted by atomic mass is 9.61. The molecule has 0 aromatic rings. The van der Waals surface area contributed by atoms with Crippen molar-refractivity contribution in [2.24, 2.45) is 11.8 Å². The monoisotopic (exact) mass is 142 g/mol. The quantitative estimate of drug-likeness (QED) is 0.626. The van der Waals surface area contributed by atoms with Crippen LogP contribution in [0.5, 0.6) is 0 Å². The number of rotatable bonds is 2. The van der Waals surface area contributed by atoms with E-state index in [9.17, 15) is 5.11 Å². The summed E-state index contributed by atoms with van der Waals surface area (Å²) in [6.07, 6.45) is 3.11. The van der Waals surface area contributed by atoms with Gasteiger partial charge in [0.05, 0.1) is 5.60 Å². The fourth-order valence-corrected chi connectivity index (χ4v) is 2.05. The molecule has 0 aliphatic heterocycles. The summed E-state index contributed by atoms with van der Waals surface area (Å²) in [6, 6.07) is 0. The largest absolute Gasteiger partial charge is 0.390 e. The summed E-state index contributed by atoms with van der Waals surface area (Å²) < 4.78 is 0. The van der Waals surface area contributed by atoms with Gasteiger partial charge in [-0.3, -0.25) is 0 Å². The van der Waals surface area contributed by atoms with Crippen LogP contribution in [0, 0.1) is 11.8 Å². The fraction of sp³-hybridized carbons (Fsp3) is 1.00. The number of hydrogen-bond acceptors (Lipinski definition) is 1. The predicted octanol–water partition coefficient (Wildman–Crippen LogP) is 2.19. The highest BCUT2D eigenvalue weighted by Gasteiger charge is 2.46. The van der Waals surface area contributed by atoms with Crippen LogP contribution in [0.2, 0.25) is 0 Å². The molecule has 1 rings (SSSR count). The minimum absolute atomic E-state index is 0.297. The Kier molecular flexibility index (Phi) is 2.04. The third-order valence-electron chi connectivity index (χ3n) is 3.06. The highest BCUT2D eigenvalue weighted by atomic mass is 16.3. The Bertz CT molecular complexity index is 118. The van der Waals surface area contributed by atoms with E-state index in [1.54, 1.807) is 0 Å². The van der Waals surface area contributed by atoms with Crippen molar-refractivity contribution in [3.63, 3.8) is 0 Å². The summed E-state index contributed by atoms with van der Waals surface area (Å²) in [6.45, 7) is 6.51. The maximum Gasteiger partial charge on any atom is 0.0678 e. The molecule has 60 valence electrons. The van der Waals surface area contributed by atoms with E-state index in [1.165, 1.54) is 0 Å². The van der Waals surface area contributed by atoms with Crippen molar-refractivity contribution < 1.29 is 5.11 Å². The van der Waals surface area contributed by atoms with Crippen molar-refractivity contribution in [3.05, 3.63) is 0 Å². The SMILES string of the molecule is CCCC1(O)CC(C)C1C. The zero-order valence-corrected chi connectivity index (χ0v) is 7.22. The Balaban J connectivity index is 2.41. The summed E-state index contributed by atoms with van der Waals surface area (Å²) in [5, 5.41) is 9.85. The Morgan fingerprint density at radius 3 is 2.40 bits per heavy atom. The van der Waals surface area contributed by atoms with Crippen LogP contribution in [0.1, 0.15) is 40.0 Å². The van der Waals surface area contributed by atoms with Gasteiger partial charge in [-0.1, -0.05) is 27.2 Å². The topological polar surface area (TPSA) is 20.2 Å². The molecule has 0 spiro atoms. The third-order valence-corrected chi connectivity index (χ3v) is 3.06. The third kappa shape index (κ3) is 1.07. The molecule has 3 atom stereocenters. The molecule has 1 saturated carbocycles. The molecule has 1 aliphatic carbocycles. The molecule has 0 radical (unpaired) electrons. The van der Waals surface area contributed by atoms with Gasteiger partial charge in [-0.25, -0.2) is 0 Å². The molecule has 10 heavy (non-hydrogen) atoms. The van der Waals surface area contributed by atoms with Crippen molar-refractivity contribution in [3.8, 4) is 0 Å². The Morgan fingerprint density at radius 1 is 1.50 bits per heavy atom. The van der Waals surface area contributed by atoms with Gasteiger partial charge >= 0.3 is 0 Å². The van der Waals surface area contributed by atoms with E-state index in [2.05, 4.69) is 20.8 Å². The van der Waals surface area contributed by atoms with E-state index in [-0.39, 0.29) is 5.60 Å². The zero-order chi connectivity index (χ0) is 7.78. The molecule has 0 bridgehead atoms. The highest BCUT2D eigenvalue weighted by molar-refractivity contribution is 4.97. The normalized spacial score (nSPS) is 46.8. The minimum atomic E-state index is -0.297. The molecular formula is C9H18O. The second-order valence-corrected chi connectivity index (χ2v) is 3.82. The van der Waals surface area contributed by atoms with Gasteiger partial charge in [0, 0.05) is 0 Å². The van der Waals surface area contributed by atoms with Crippen molar-refractivity contribution >= 4 is 0 Å². The maximum atomic E-state index is 9.85. The molecule has 0 saturated heterocycles. The van der Waals surface area contributed by atoms with Crippen molar-refractivity contribution in [1.29, 1.82) is 0 Å². The molecule has 0 aromatic heterocycles. The Morgan fingerprint density at radius 2 is 2.10 bits per heavy atom. The molecule has 1 fully saturated rings. The van der Waals surface area contributed by atoms with Crippen LogP contribution in [-0.2, 0) is 0 Å². The van der Waals surface area contributed by atoms with Crippen LogP contribution in [0.3, 0.4) is 0 Å². The van der Waals surface area contributed by atoms with Gasteiger partial charge in [0.25, 0.3) is 0 Å². The van der Waals surface area contributed by atoms with Gasteiger partial charge in [-0.2, -0.15) is 0 Å². The Labute approximate surface area is 63.4 Å². The molecule has 0 heterocycles. The van der Waals surface area contributed by atoms with E-state index in [0.717, 1.165) is 25.2 Å². The van der Waals surface area contributed by atoms with Crippen LogP contribution in [0.4, 0.5) is 0 Å². The smallest absolute Gasteiger partial charge is 0.0678 e. The summed E-state index contributed by atoms with van der Waals surface area (Å²) in [5.74, 6) is 1.25. The number of aliphatic hydroxyl groups is 1.